The van der Waals surface area contributed by atoms with Gasteiger partial charge in [-0.1, -0.05) is 19.4 Å². The number of rotatable bonds is 6. The van der Waals surface area contributed by atoms with E-state index in [1.54, 1.807) is 36.1 Å². The molecule has 1 saturated heterocycles. The summed E-state index contributed by atoms with van der Waals surface area (Å²) >= 11 is 0. The number of ether oxygens (including phenoxy) is 1. The number of piperidine rings is 1. The fourth-order valence-electron chi connectivity index (χ4n) is 3.36. The van der Waals surface area contributed by atoms with Crippen molar-refractivity contribution < 1.29 is 24.2 Å². The highest BCUT2D eigenvalue weighted by Gasteiger charge is 2.31. The van der Waals surface area contributed by atoms with E-state index in [0.29, 0.717) is 37.4 Å². The Kier molecular flexibility index (Phi) is 7.00. The van der Waals surface area contributed by atoms with Crippen LogP contribution in [0.15, 0.2) is 24.3 Å². The Morgan fingerprint density at radius 1 is 1.27 bits per heavy atom. The van der Waals surface area contributed by atoms with Crippen LogP contribution in [0, 0.1) is 11.8 Å². The second-order valence-electron chi connectivity index (χ2n) is 6.49. The summed E-state index contributed by atoms with van der Waals surface area (Å²) in [7, 11) is 0. The molecule has 2 amide bonds. The molecule has 7 heteroatoms. The zero-order valence-corrected chi connectivity index (χ0v) is 15.2. The van der Waals surface area contributed by atoms with Gasteiger partial charge < -0.3 is 20.1 Å². The van der Waals surface area contributed by atoms with Gasteiger partial charge in [0.25, 0.3) is 0 Å². The number of carbonyl (C=O) groups excluding carboxylic acids is 2. The number of urea groups is 1. The maximum absolute atomic E-state index is 12.5. The molecule has 0 spiro atoms. The Bertz CT molecular complexity index is 661. The quantitative estimate of drug-likeness (QED) is 0.758. The third-order valence-corrected chi connectivity index (χ3v) is 4.76. The van der Waals surface area contributed by atoms with Crippen molar-refractivity contribution in [1.29, 1.82) is 0 Å². The number of anilines is 1. The molecule has 1 aromatic rings. The number of esters is 1. The SMILES string of the molecule is CCOC(=O)c1cccc(NC(=O)N2CC[C@@H](CC(=O)O)[C@@H](CC)C2)c1. The van der Waals surface area contributed by atoms with Gasteiger partial charge in [0.05, 0.1) is 12.2 Å². The number of hydrogen-bond acceptors (Lipinski definition) is 4. The van der Waals surface area contributed by atoms with Crippen LogP contribution in [0.3, 0.4) is 0 Å². The summed E-state index contributed by atoms with van der Waals surface area (Å²) < 4.78 is 4.97. The fourth-order valence-corrected chi connectivity index (χ4v) is 3.36. The Balaban J connectivity index is 1.99. The first-order valence-corrected chi connectivity index (χ1v) is 8.99. The smallest absolute Gasteiger partial charge is 0.338 e. The first-order chi connectivity index (χ1) is 12.4. The van der Waals surface area contributed by atoms with Crippen molar-refractivity contribution in [3.05, 3.63) is 29.8 Å². The third kappa shape index (κ3) is 5.21. The molecule has 2 N–H and O–H groups in total. The number of carboxylic acids is 1. The lowest BCUT2D eigenvalue weighted by atomic mass is 9.82. The average molecular weight is 362 g/mol. The van der Waals surface area contributed by atoms with Crippen molar-refractivity contribution in [2.24, 2.45) is 11.8 Å². The summed E-state index contributed by atoms with van der Waals surface area (Å²) in [6, 6.07) is 6.39. The minimum absolute atomic E-state index is 0.105. The molecule has 1 aliphatic rings. The van der Waals surface area contributed by atoms with Crippen LogP contribution in [0.25, 0.3) is 0 Å². The van der Waals surface area contributed by atoms with Crippen LogP contribution >= 0.6 is 0 Å². The van der Waals surface area contributed by atoms with E-state index in [0.717, 1.165) is 6.42 Å². The third-order valence-electron chi connectivity index (χ3n) is 4.76. The highest BCUT2D eigenvalue weighted by Crippen LogP contribution is 2.29. The maximum Gasteiger partial charge on any atom is 0.338 e. The van der Waals surface area contributed by atoms with Gasteiger partial charge in [0.15, 0.2) is 0 Å². The average Bonchev–Trinajstić information content (AvgIpc) is 2.62. The van der Waals surface area contributed by atoms with Gasteiger partial charge in [-0.2, -0.15) is 0 Å². The van der Waals surface area contributed by atoms with Gasteiger partial charge in [-0.25, -0.2) is 9.59 Å². The number of likely N-dealkylation sites (tertiary alicyclic amines) is 1. The molecule has 1 aromatic carbocycles. The van der Waals surface area contributed by atoms with Gasteiger partial charge in [0.1, 0.15) is 0 Å². The van der Waals surface area contributed by atoms with Crippen LogP contribution in [0.4, 0.5) is 10.5 Å². The van der Waals surface area contributed by atoms with Crippen molar-refractivity contribution in [2.75, 3.05) is 25.0 Å². The van der Waals surface area contributed by atoms with Gasteiger partial charge in [-0.3, -0.25) is 4.79 Å². The molecule has 0 unspecified atom stereocenters. The summed E-state index contributed by atoms with van der Waals surface area (Å²) in [5.41, 5.74) is 0.914. The van der Waals surface area contributed by atoms with E-state index >= 15 is 0 Å². The van der Waals surface area contributed by atoms with Crippen LogP contribution in [0.1, 0.15) is 43.5 Å². The van der Waals surface area contributed by atoms with E-state index in [-0.39, 0.29) is 24.3 Å². The zero-order chi connectivity index (χ0) is 19.1. The lowest BCUT2D eigenvalue weighted by Gasteiger charge is -2.37. The molecular formula is C19H26N2O5. The van der Waals surface area contributed by atoms with E-state index in [9.17, 15) is 14.4 Å². The Morgan fingerprint density at radius 2 is 2.04 bits per heavy atom. The number of benzene rings is 1. The van der Waals surface area contributed by atoms with Crippen molar-refractivity contribution in [3.8, 4) is 0 Å². The van der Waals surface area contributed by atoms with E-state index in [4.69, 9.17) is 9.84 Å². The minimum atomic E-state index is -0.790. The number of nitrogens with zero attached hydrogens (tertiary/aromatic N) is 1. The molecule has 0 radical (unpaired) electrons. The molecule has 1 heterocycles. The van der Waals surface area contributed by atoms with Crippen molar-refractivity contribution >= 4 is 23.7 Å². The lowest BCUT2D eigenvalue weighted by Crippen LogP contribution is -2.45. The number of aliphatic carboxylic acids is 1. The maximum atomic E-state index is 12.5. The molecule has 2 atom stereocenters. The summed E-state index contributed by atoms with van der Waals surface area (Å²) in [5, 5.41) is 11.8. The van der Waals surface area contributed by atoms with Crippen molar-refractivity contribution in [1.82, 2.24) is 4.90 Å². The largest absolute Gasteiger partial charge is 0.481 e. The van der Waals surface area contributed by atoms with Crippen LogP contribution in [0.2, 0.25) is 0 Å². The molecule has 142 valence electrons. The van der Waals surface area contributed by atoms with Gasteiger partial charge in [0.2, 0.25) is 0 Å². The van der Waals surface area contributed by atoms with E-state index in [1.807, 2.05) is 6.92 Å². The molecule has 7 nitrogen and oxygen atoms in total. The zero-order valence-electron chi connectivity index (χ0n) is 15.2. The molecule has 1 fully saturated rings. The highest BCUT2D eigenvalue weighted by atomic mass is 16.5. The summed E-state index contributed by atoms with van der Waals surface area (Å²) in [5.74, 6) is -0.934. The topological polar surface area (TPSA) is 95.9 Å². The molecule has 26 heavy (non-hydrogen) atoms. The molecule has 0 aliphatic carbocycles. The van der Waals surface area contributed by atoms with E-state index in [1.165, 1.54) is 0 Å². The monoisotopic (exact) mass is 362 g/mol. The van der Waals surface area contributed by atoms with Gasteiger partial charge in [-0.05, 0) is 43.4 Å². The Hall–Kier alpha value is -2.57. The number of amides is 2. The van der Waals surface area contributed by atoms with Gasteiger partial charge in [-0.15, -0.1) is 0 Å². The summed E-state index contributed by atoms with van der Waals surface area (Å²) in [4.78, 5) is 37.0. The van der Waals surface area contributed by atoms with Crippen LogP contribution in [-0.2, 0) is 9.53 Å². The molecule has 0 bridgehead atoms. The number of nitrogens with one attached hydrogen (secondary N) is 1. The first kappa shape index (κ1) is 19.8. The Labute approximate surface area is 153 Å². The van der Waals surface area contributed by atoms with Crippen LogP contribution in [0.5, 0.6) is 0 Å². The second kappa shape index (κ2) is 9.22. The van der Waals surface area contributed by atoms with Crippen molar-refractivity contribution in [3.63, 3.8) is 0 Å². The molecule has 1 aliphatic heterocycles. The molecule has 0 saturated carbocycles. The second-order valence-corrected chi connectivity index (χ2v) is 6.49. The summed E-state index contributed by atoms with van der Waals surface area (Å²) in [6.07, 6.45) is 1.66. The van der Waals surface area contributed by atoms with Gasteiger partial charge >= 0.3 is 18.0 Å². The number of hydrogen-bond donors (Lipinski definition) is 2. The Morgan fingerprint density at radius 3 is 2.69 bits per heavy atom. The van der Waals surface area contributed by atoms with E-state index in [2.05, 4.69) is 5.32 Å². The van der Waals surface area contributed by atoms with Crippen LogP contribution < -0.4 is 5.32 Å². The fraction of sp³-hybridized carbons (Fsp3) is 0.526. The van der Waals surface area contributed by atoms with Crippen molar-refractivity contribution in [2.45, 2.75) is 33.1 Å². The van der Waals surface area contributed by atoms with E-state index < -0.39 is 11.9 Å². The number of carboxylic acid groups (broad SMARTS) is 1. The molecular weight excluding hydrogens is 336 g/mol. The molecule has 0 aromatic heterocycles. The molecule has 2 rings (SSSR count). The summed E-state index contributed by atoms with van der Waals surface area (Å²) in [6.45, 7) is 5.11. The highest BCUT2D eigenvalue weighted by molar-refractivity contribution is 5.94. The van der Waals surface area contributed by atoms with Crippen LogP contribution in [-0.4, -0.2) is 47.7 Å². The standard InChI is InChI=1S/C19H26N2O5/c1-3-13-12-21(9-8-14(13)11-17(22)23)19(25)20-16-7-5-6-15(10-16)18(24)26-4-2/h5-7,10,13-14H,3-4,8-9,11-12H2,1-2H3,(H,20,25)(H,22,23)/t13-,14-/m0/s1. The predicted octanol–water partition coefficient (Wildman–Crippen LogP) is 3.22. The minimum Gasteiger partial charge on any atom is -0.481 e. The first-order valence-electron chi connectivity index (χ1n) is 8.99. The van der Waals surface area contributed by atoms with Gasteiger partial charge in [0, 0.05) is 25.2 Å². The number of carbonyl (C=O) groups is 3. The normalized spacial score (nSPS) is 19.7. The predicted molar refractivity (Wildman–Crippen MR) is 97.1 cm³/mol. The lowest BCUT2D eigenvalue weighted by molar-refractivity contribution is -0.139.